The lowest BCUT2D eigenvalue weighted by molar-refractivity contribution is -0.130. The van der Waals surface area contributed by atoms with E-state index in [2.05, 4.69) is 0 Å². The van der Waals surface area contributed by atoms with Crippen LogP contribution in [0.1, 0.15) is 47.5 Å². The molecule has 0 aliphatic rings. The first-order valence-electron chi connectivity index (χ1n) is 7.35. The Morgan fingerprint density at radius 3 is 1.60 bits per heavy atom. The molecule has 0 aliphatic heterocycles. The van der Waals surface area contributed by atoms with E-state index in [-0.39, 0.29) is 11.6 Å². The second-order valence-corrected chi connectivity index (χ2v) is 7.38. The Hall–Kier alpha value is -0.563. The van der Waals surface area contributed by atoms with Crippen LogP contribution in [0.15, 0.2) is 0 Å². The van der Waals surface area contributed by atoms with Crippen LogP contribution in [0.5, 0.6) is 0 Å². The summed E-state index contributed by atoms with van der Waals surface area (Å²) in [5.74, 6) is -0.658. The van der Waals surface area contributed by atoms with Crippen LogP contribution in [-0.2, 0) is 22.9 Å². The average molecular weight is 304 g/mol. The quantitative estimate of drug-likeness (QED) is 0.410. The first-order valence-corrected chi connectivity index (χ1v) is 9.28. The van der Waals surface area contributed by atoms with E-state index in [9.17, 15) is 9.59 Å². The third-order valence-corrected chi connectivity index (χ3v) is 6.20. The molecule has 0 N–H and O–H groups in total. The molecule has 0 rings (SSSR count). The van der Waals surface area contributed by atoms with Gasteiger partial charge in [-0.2, -0.15) is 0 Å². The average Bonchev–Trinajstić information content (AvgIpc) is 2.34. The van der Waals surface area contributed by atoms with Crippen molar-refractivity contribution < 1.29 is 22.9 Å². The lowest BCUT2D eigenvalue weighted by Gasteiger charge is -2.28. The number of carbonyl (C=O) groups is 2. The lowest BCUT2D eigenvalue weighted by Crippen LogP contribution is -2.46. The van der Waals surface area contributed by atoms with Gasteiger partial charge < -0.3 is 13.3 Å². The van der Waals surface area contributed by atoms with Gasteiger partial charge in [0, 0.05) is 25.9 Å². The summed E-state index contributed by atoms with van der Waals surface area (Å²) in [6, 6.07) is 0.638. The van der Waals surface area contributed by atoms with Crippen molar-refractivity contribution in [1.29, 1.82) is 0 Å². The Morgan fingerprint density at radius 1 is 0.900 bits per heavy atom. The van der Waals surface area contributed by atoms with E-state index in [0.29, 0.717) is 38.7 Å². The molecule has 0 aromatic heterocycles. The van der Waals surface area contributed by atoms with Crippen molar-refractivity contribution in [3.63, 3.8) is 0 Å². The number of carbonyl (C=O) groups excluding carboxylic acids is 2. The van der Waals surface area contributed by atoms with Gasteiger partial charge in [-0.05, 0) is 47.5 Å². The molecule has 0 aromatic carbocycles. The van der Waals surface area contributed by atoms with E-state index in [1.807, 2.05) is 20.8 Å². The first kappa shape index (κ1) is 19.4. The van der Waals surface area contributed by atoms with Gasteiger partial charge in [0.15, 0.2) is 0 Å². The van der Waals surface area contributed by atoms with Crippen molar-refractivity contribution in [2.24, 2.45) is 5.92 Å². The smallest absolute Gasteiger partial charge is 0.374 e. The fraction of sp³-hybridized carbons (Fsp3) is 0.857. The van der Waals surface area contributed by atoms with E-state index < -0.39 is 14.7 Å². The second-order valence-electron chi connectivity index (χ2n) is 4.65. The number of rotatable bonds is 12. The minimum Gasteiger partial charge on any atom is -0.374 e. The molecule has 0 saturated heterocycles. The fourth-order valence-electron chi connectivity index (χ4n) is 2.22. The Labute approximate surface area is 123 Å². The summed E-state index contributed by atoms with van der Waals surface area (Å²) in [6.45, 7) is 10.3. The summed E-state index contributed by atoms with van der Waals surface area (Å²) < 4.78 is 17.2. The van der Waals surface area contributed by atoms with Crippen molar-refractivity contribution in [3.05, 3.63) is 0 Å². The topological polar surface area (TPSA) is 61.8 Å². The minimum absolute atomic E-state index is 0.0750. The Kier molecular flexibility index (Phi) is 9.92. The van der Waals surface area contributed by atoms with Gasteiger partial charge in [-0.15, -0.1) is 0 Å². The molecule has 0 saturated carbocycles. The first-order chi connectivity index (χ1) is 9.42. The second kappa shape index (κ2) is 10.2. The molecule has 0 heterocycles. The normalized spacial score (nSPS) is 11.9. The Bertz CT molecular complexity index is 275. The Morgan fingerprint density at radius 2 is 1.30 bits per heavy atom. The van der Waals surface area contributed by atoms with Gasteiger partial charge in [-0.25, -0.2) is 0 Å². The van der Waals surface area contributed by atoms with Crippen molar-refractivity contribution in [1.82, 2.24) is 0 Å². The van der Waals surface area contributed by atoms with E-state index in [4.69, 9.17) is 13.3 Å². The van der Waals surface area contributed by atoms with Gasteiger partial charge in [0.1, 0.15) is 11.6 Å². The highest BCUT2D eigenvalue weighted by Gasteiger charge is 2.40. The van der Waals surface area contributed by atoms with Gasteiger partial charge >= 0.3 is 8.80 Å². The van der Waals surface area contributed by atoms with Gasteiger partial charge in [0.2, 0.25) is 0 Å². The molecule has 20 heavy (non-hydrogen) atoms. The summed E-state index contributed by atoms with van der Waals surface area (Å²) in [7, 11) is -2.65. The standard InChI is InChI=1S/C14H28O5Si/c1-6-17-20(18-7-2,19-8-3)11-9-10-14(12(4)15)13(5)16/h14H,6-11H2,1-5H3. The SMILES string of the molecule is CCO[Si](CCCC(C(C)=O)C(C)=O)(OCC)OCC. The fourth-order valence-corrected chi connectivity index (χ4v) is 4.86. The maximum Gasteiger partial charge on any atom is 0.500 e. The molecule has 0 amide bonds. The minimum atomic E-state index is -2.65. The predicted octanol–water partition coefficient (Wildman–Crippen LogP) is 2.61. The summed E-state index contributed by atoms with van der Waals surface area (Å²) in [5.41, 5.74) is 0. The van der Waals surface area contributed by atoms with Gasteiger partial charge in [-0.3, -0.25) is 9.59 Å². The zero-order chi connectivity index (χ0) is 15.6. The number of ketones is 2. The molecule has 0 bridgehead atoms. The van der Waals surface area contributed by atoms with E-state index in [1.165, 1.54) is 13.8 Å². The van der Waals surface area contributed by atoms with Crippen molar-refractivity contribution in [2.45, 2.75) is 53.5 Å². The van der Waals surface area contributed by atoms with E-state index >= 15 is 0 Å². The molecular formula is C14H28O5Si. The van der Waals surface area contributed by atoms with Crippen LogP contribution >= 0.6 is 0 Å². The van der Waals surface area contributed by atoms with Crippen molar-refractivity contribution >= 4 is 20.4 Å². The number of Topliss-reactive ketones (excluding diaryl/α,β-unsaturated/α-hetero) is 2. The van der Waals surface area contributed by atoms with Crippen molar-refractivity contribution in [2.75, 3.05) is 19.8 Å². The molecule has 0 radical (unpaired) electrons. The summed E-state index contributed by atoms with van der Waals surface area (Å²) in [6.07, 6.45) is 1.22. The van der Waals surface area contributed by atoms with Gasteiger partial charge in [-0.1, -0.05) is 0 Å². The van der Waals surface area contributed by atoms with Crippen LogP contribution < -0.4 is 0 Å². The predicted molar refractivity (Wildman–Crippen MR) is 79.5 cm³/mol. The highest BCUT2D eigenvalue weighted by molar-refractivity contribution is 6.60. The molecule has 5 nitrogen and oxygen atoms in total. The molecule has 0 atom stereocenters. The van der Waals surface area contributed by atoms with Crippen LogP contribution in [0.3, 0.4) is 0 Å². The van der Waals surface area contributed by atoms with Crippen molar-refractivity contribution in [3.8, 4) is 0 Å². The third-order valence-electron chi connectivity index (χ3n) is 3.05. The van der Waals surface area contributed by atoms with Gasteiger partial charge in [0.05, 0.1) is 5.92 Å². The van der Waals surface area contributed by atoms with Crippen LogP contribution in [0.4, 0.5) is 0 Å². The van der Waals surface area contributed by atoms with Crippen LogP contribution in [0.25, 0.3) is 0 Å². The number of hydrogen-bond donors (Lipinski definition) is 0. The van der Waals surface area contributed by atoms with E-state index in [1.54, 1.807) is 0 Å². The monoisotopic (exact) mass is 304 g/mol. The zero-order valence-electron chi connectivity index (χ0n) is 13.4. The highest BCUT2D eigenvalue weighted by atomic mass is 28.4. The molecule has 0 aromatic rings. The maximum atomic E-state index is 11.4. The van der Waals surface area contributed by atoms with Crippen LogP contribution in [-0.4, -0.2) is 40.2 Å². The number of hydrogen-bond acceptors (Lipinski definition) is 5. The summed E-state index contributed by atoms with van der Waals surface area (Å²) >= 11 is 0. The van der Waals surface area contributed by atoms with Crippen LogP contribution in [0.2, 0.25) is 6.04 Å². The summed E-state index contributed by atoms with van der Waals surface area (Å²) in [4.78, 5) is 22.8. The maximum absolute atomic E-state index is 11.4. The van der Waals surface area contributed by atoms with Gasteiger partial charge in [0.25, 0.3) is 0 Å². The van der Waals surface area contributed by atoms with E-state index in [0.717, 1.165) is 0 Å². The zero-order valence-corrected chi connectivity index (χ0v) is 14.4. The third kappa shape index (κ3) is 6.74. The largest absolute Gasteiger partial charge is 0.500 e. The highest BCUT2D eigenvalue weighted by Crippen LogP contribution is 2.22. The molecule has 0 aliphatic carbocycles. The summed E-state index contributed by atoms with van der Waals surface area (Å²) in [5, 5.41) is 0. The lowest BCUT2D eigenvalue weighted by atomic mass is 9.96. The molecule has 0 spiro atoms. The van der Waals surface area contributed by atoms with Crippen LogP contribution in [0, 0.1) is 5.92 Å². The molecule has 0 unspecified atom stereocenters. The Balaban J connectivity index is 4.58. The molecule has 118 valence electrons. The molecular weight excluding hydrogens is 276 g/mol. The molecule has 0 fully saturated rings. The molecule has 6 heteroatoms.